The Kier molecular flexibility index (Phi) is 7.07. The van der Waals surface area contributed by atoms with Crippen LogP contribution in [0.5, 0.6) is 0 Å². The Morgan fingerprint density at radius 2 is 1.72 bits per heavy atom. The Hall–Kier alpha value is -2.27. The van der Waals surface area contributed by atoms with Crippen molar-refractivity contribution in [2.75, 3.05) is 26.2 Å². The van der Waals surface area contributed by atoms with Crippen LogP contribution in [0.4, 0.5) is 0 Å². The maximum Gasteiger partial charge on any atom is 0.328 e. The number of carbonyl (C=O) groups excluding carboxylic acids is 2. The van der Waals surface area contributed by atoms with Gasteiger partial charge in [-0.25, -0.2) is 4.79 Å². The van der Waals surface area contributed by atoms with Crippen LogP contribution < -0.4 is 0 Å². The van der Waals surface area contributed by atoms with E-state index in [-0.39, 0.29) is 11.9 Å². The first-order valence-corrected chi connectivity index (χ1v) is 9.48. The fourth-order valence-electron chi connectivity index (χ4n) is 2.71. The summed E-state index contributed by atoms with van der Waals surface area (Å²) in [6.07, 6.45) is 2.53. The van der Waals surface area contributed by atoms with Crippen LogP contribution in [-0.2, 0) is 9.53 Å². The number of ether oxygens (including phenoxy) is 1. The van der Waals surface area contributed by atoms with Gasteiger partial charge in [0.15, 0.2) is 0 Å². The van der Waals surface area contributed by atoms with Gasteiger partial charge in [0.2, 0.25) is 0 Å². The van der Waals surface area contributed by atoms with Gasteiger partial charge < -0.3 is 9.64 Å². The number of carbonyl (C=O) groups is 2. The molecule has 2 aromatic rings. The van der Waals surface area contributed by atoms with Crippen molar-refractivity contribution in [3.8, 4) is 11.1 Å². The third kappa shape index (κ3) is 4.63. The summed E-state index contributed by atoms with van der Waals surface area (Å²) < 4.78 is 4.89. The van der Waals surface area contributed by atoms with Gasteiger partial charge in [-0.1, -0.05) is 48.5 Å². The molecule has 4 nitrogen and oxygen atoms in total. The summed E-state index contributed by atoms with van der Waals surface area (Å²) in [5, 5.41) is 0. The van der Waals surface area contributed by atoms with E-state index in [0.29, 0.717) is 12.0 Å². The maximum absolute atomic E-state index is 13.1. The molecule has 0 aromatic heterocycles. The summed E-state index contributed by atoms with van der Waals surface area (Å²) in [6, 6.07) is 16.6. The minimum atomic E-state index is -0.589. The number of amides is 1. The van der Waals surface area contributed by atoms with Crippen LogP contribution in [0.25, 0.3) is 11.1 Å². The standard InChI is InChI=1S/C20H23NO3S/c1-21(18(13-14-25-3)20(23)24-2)19(22)17-12-8-7-11-16(17)15-9-5-4-6-10-15/h4-12,18H,13-14H2,1-3H3/t18-/m0/s1. The first-order valence-electron chi connectivity index (χ1n) is 8.08. The van der Waals surface area contributed by atoms with E-state index < -0.39 is 6.04 Å². The van der Waals surface area contributed by atoms with Gasteiger partial charge in [-0.05, 0) is 35.6 Å². The van der Waals surface area contributed by atoms with E-state index in [2.05, 4.69) is 0 Å². The van der Waals surface area contributed by atoms with Crippen molar-refractivity contribution in [3.05, 3.63) is 60.2 Å². The Morgan fingerprint density at radius 3 is 2.36 bits per heavy atom. The highest BCUT2D eigenvalue weighted by molar-refractivity contribution is 7.98. The van der Waals surface area contributed by atoms with E-state index in [9.17, 15) is 9.59 Å². The monoisotopic (exact) mass is 357 g/mol. The normalized spacial score (nSPS) is 11.6. The number of hydrogen-bond donors (Lipinski definition) is 0. The fourth-order valence-corrected chi connectivity index (χ4v) is 3.16. The first-order chi connectivity index (χ1) is 12.1. The van der Waals surface area contributed by atoms with Crippen molar-refractivity contribution in [1.29, 1.82) is 0 Å². The summed E-state index contributed by atoms with van der Waals surface area (Å²) in [5.74, 6) is 0.204. The fraction of sp³-hybridized carbons (Fsp3) is 0.300. The molecule has 5 heteroatoms. The van der Waals surface area contributed by atoms with Crippen LogP contribution in [-0.4, -0.2) is 49.0 Å². The molecule has 2 aromatic carbocycles. The number of likely N-dealkylation sites (N-methyl/N-ethyl adjacent to an activating group) is 1. The molecule has 0 radical (unpaired) electrons. The van der Waals surface area contributed by atoms with E-state index in [1.807, 2.05) is 54.8 Å². The van der Waals surface area contributed by atoms with Gasteiger partial charge in [-0.3, -0.25) is 4.79 Å². The van der Waals surface area contributed by atoms with Crippen molar-refractivity contribution in [3.63, 3.8) is 0 Å². The predicted molar refractivity (Wildman–Crippen MR) is 103 cm³/mol. The molecule has 0 aliphatic carbocycles. The Morgan fingerprint density at radius 1 is 1.08 bits per heavy atom. The molecule has 0 N–H and O–H groups in total. The lowest BCUT2D eigenvalue weighted by Crippen LogP contribution is -2.43. The number of benzene rings is 2. The third-order valence-corrected chi connectivity index (χ3v) is 4.74. The molecule has 0 saturated heterocycles. The minimum Gasteiger partial charge on any atom is -0.467 e. The molecule has 132 valence electrons. The smallest absolute Gasteiger partial charge is 0.328 e. The highest BCUT2D eigenvalue weighted by Gasteiger charge is 2.29. The van der Waals surface area contributed by atoms with Crippen LogP contribution in [0.3, 0.4) is 0 Å². The number of methoxy groups -OCH3 is 1. The van der Waals surface area contributed by atoms with Crippen LogP contribution in [0.1, 0.15) is 16.8 Å². The molecule has 0 aliphatic heterocycles. The summed E-state index contributed by atoms with van der Waals surface area (Å²) in [4.78, 5) is 26.7. The van der Waals surface area contributed by atoms with Gasteiger partial charge in [-0.15, -0.1) is 0 Å². The first kappa shape index (κ1) is 19.1. The van der Waals surface area contributed by atoms with Gasteiger partial charge in [0.1, 0.15) is 6.04 Å². The van der Waals surface area contributed by atoms with E-state index in [1.165, 1.54) is 12.0 Å². The van der Waals surface area contributed by atoms with Crippen molar-refractivity contribution >= 4 is 23.6 Å². The predicted octanol–water partition coefficient (Wildman–Crippen LogP) is 3.72. The average Bonchev–Trinajstić information content (AvgIpc) is 2.67. The molecule has 0 aliphatic rings. The van der Waals surface area contributed by atoms with Gasteiger partial charge in [-0.2, -0.15) is 11.8 Å². The topological polar surface area (TPSA) is 46.6 Å². The van der Waals surface area contributed by atoms with Gasteiger partial charge in [0.05, 0.1) is 7.11 Å². The van der Waals surface area contributed by atoms with Crippen molar-refractivity contribution < 1.29 is 14.3 Å². The molecule has 0 heterocycles. The van der Waals surface area contributed by atoms with Gasteiger partial charge in [0.25, 0.3) is 5.91 Å². The second kappa shape index (κ2) is 9.28. The molecule has 0 spiro atoms. The summed E-state index contributed by atoms with van der Waals surface area (Å²) in [7, 11) is 3.01. The third-order valence-electron chi connectivity index (χ3n) is 4.10. The zero-order valence-corrected chi connectivity index (χ0v) is 15.6. The number of thioether (sulfide) groups is 1. The molecule has 1 amide bonds. The molecule has 0 unspecified atom stereocenters. The number of nitrogens with zero attached hydrogens (tertiary/aromatic N) is 1. The molecule has 0 saturated carbocycles. The van der Waals surface area contributed by atoms with E-state index >= 15 is 0 Å². The number of hydrogen-bond acceptors (Lipinski definition) is 4. The Balaban J connectivity index is 2.34. The van der Waals surface area contributed by atoms with Crippen molar-refractivity contribution in [2.24, 2.45) is 0 Å². The van der Waals surface area contributed by atoms with Crippen LogP contribution in [0.15, 0.2) is 54.6 Å². The zero-order valence-electron chi connectivity index (χ0n) is 14.8. The minimum absolute atomic E-state index is 0.184. The largest absolute Gasteiger partial charge is 0.467 e. The van der Waals surface area contributed by atoms with Crippen LogP contribution in [0.2, 0.25) is 0 Å². The summed E-state index contributed by atoms with van der Waals surface area (Å²) >= 11 is 1.64. The molecule has 1 atom stereocenters. The number of esters is 1. The van der Waals surface area contributed by atoms with Crippen LogP contribution in [0, 0.1) is 0 Å². The maximum atomic E-state index is 13.1. The Labute approximate surface area is 153 Å². The lowest BCUT2D eigenvalue weighted by molar-refractivity contribution is -0.145. The summed E-state index contributed by atoms with van der Waals surface area (Å²) in [5.41, 5.74) is 2.40. The second-order valence-electron chi connectivity index (χ2n) is 5.65. The molecule has 25 heavy (non-hydrogen) atoms. The molecule has 0 bridgehead atoms. The second-order valence-corrected chi connectivity index (χ2v) is 6.63. The summed E-state index contributed by atoms with van der Waals surface area (Å²) in [6.45, 7) is 0. The van der Waals surface area contributed by atoms with Crippen molar-refractivity contribution in [2.45, 2.75) is 12.5 Å². The number of rotatable bonds is 7. The lowest BCUT2D eigenvalue weighted by atomic mass is 9.98. The quantitative estimate of drug-likeness (QED) is 0.709. The molecule has 2 rings (SSSR count). The van der Waals surface area contributed by atoms with Crippen molar-refractivity contribution in [1.82, 2.24) is 4.90 Å². The highest BCUT2D eigenvalue weighted by Crippen LogP contribution is 2.25. The molecular weight excluding hydrogens is 334 g/mol. The zero-order chi connectivity index (χ0) is 18.2. The van der Waals surface area contributed by atoms with E-state index in [1.54, 1.807) is 24.9 Å². The Bertz CT molecular complexity index is 718. The van der Waals surface area contributed by atoms with Crippen LogP contribution >= 0.6 is 11.8 Å². The average molecular weight is 357 g/mol. The van der Waals surface area contributed by atoms with E-state index in [4.69, 9.17) is 4.74 Å². The van der Waals surface area contributed by atoms with E-state index in [0.717, 1.165) is 16.9 Å². The van der Waals surface area contributed by atoms with Gasteiger partial charge >= 0.3 is 5.97 Å². The lowest BCUT2D eigenvalue weighted by Gasteiger charge is -2.26. The SMILES string of the molecule is COC(=O)[C@H](CCSC)N(C)C(=O)c1ccccc1-c1ccccc1. The highest BCUT2D eigenvalue weighted by atomic mass is 32.2. The molecular formula is C20H23NO3S. The van der Waals surface area contributed by atoms with Gasteiger partial charge in [0, 0.05) is 12.6 Å². The molecule has 0 fully saturated rings.